The molecule has 1 aromatic rings. The molecule has 2 rings (SSSR count). The lowest BCUT2D eigenvalue weighted by atomic mass is 10.2. The first-order chi connectivity index (χ1) is 10.9. The van der Waals surface area contributed by atoms with Crippen molar-refractivity contribution in [3.8, 4) is 0 Å². The third kappa shape index (κ3) is 3.87. The van der Waals surface area contributed by atoms with Crippen LogP contribution in [-0.4, -0.2) is 45.2 Å². The number of hydrogen-bond donors (Lipinski definition) is 0. The van der Waals surface area contributed by atoms with Gasteiger partial charge in [-0.2, -0.15) is 17.5 Å². The Balaban J connectivity index is 2.54. The maximum Gasteiger partial charge on any atom is 0.417 e. The van der Waals surface area contributed by atoms with E-state index in [-0.39, 0.29) is 23.7 Å². The van der Waals surface area contributed by atoms with Gasteiger partial charge in [0.2, 0.25) is 10.0 Å². The van der Waals surface area contributed by atoms with Gasteiger partial charge >= 0.3 is 6.18 Å². The molecule has 0 radical (unpaired) electrons. The van der Waals surface area contributed by atoms with Gasteiger partial charge in [-0.05, 0) is 24.6 Å². The van der Waals surface area contributed by atoms with E-state index in [9.17, 15) is 30.0 Å². The van der Waals surface area contributed by atoms with Gasteiger partial charge in [-0.1, -0.05) is 18.5 Å². The fourth-order valence-electron chi connectivity index (χ4n) is 2.70. The van der Waals surface area contributed by atoms with E-state index in [1.54, 1.807) is 0 Å². The van der Waals surface area contributed by atoms with Gasteiger partial charge < -0.3 is 0 Å². The van der Waals surface area contributed by atoms with Gasteiger partial charge in [0.15, 0.2) is 9.84 Å². The average molecular weight is 406 g/mol. The van der Waals surface area contributed by atoms with E-state index in [1.165, 1.54) is 6.92 Å². The SMILES string of the molecule is CCN([C@@H]1CCS(=O)(=O)C1)S(=O)(=O)c1ccc(Cl)cc1C(F)(F)F. The van der Waals surface area contributed by atoms with Gasteiger partial charge in [0.25, 0.3) is 0 Å². The average Bonchev–Trinajstić information content (AvgIpc) is 2.78. The number of sulfone groups is 1. The first-order valence-electron chi connectivity index (χ1n) is 6.97. The molecule has 0 saturated carbocycles. The summed E-state index contributed by atoms with van der Waals surface area (Å²) in [6.45, 7) is 1.31. The Bertz CT molecular complexity index is 837. The predicted octanol–water partition coefficient (Wildman–Crippen LogP) is 2.56. The van der Waals surface area contributed by atoms with Crippen LogP contribution < -0.4 is 0 Å². The second kappa shape index (κ2) is 6.47. The molecule has 0 N–H and O–H groups in total. The van der Waals surface area contributed by atoms with E-state index >= 15 is 0 Å². The number of halogens is 4. The third-order valence-electron chi connectivity index (χ3n) is 3.76. The van der Waals surface area contributed by atoms with Crippen LogP contribution in [0.15, 0.2) is 23.1 Å². The molecule has 24 heavy (non-hydrogen) atoms. The summed E-state index contributed by atoms with van der Waals surface area (Å²) in [6.07, 6.45) is -4.85. The van der Waals surface area contributed by atoms with E-state index in [0.29, 0.717) is 6.07 Å². The molecule has 0 bridgehead atoms. The second-order valence-electron chi connectivity index (χ2n) is 5.40. The van der Waals surface area contributed by atoms with Crippen LogP contribution in [0.5, 0.6) is 0 Å². The Labute approximate surface area is 143 Å². The van der Waals surface area contributed by atoms with Gasteiger partial charge in [0.1, 0.15) is 0 Å². The highest BCUT2D eigenvalue weighted by atomic mass is 35.5. The molecule has 1 aliphatic heterocycles. The van der Waals surface area contributed by atoms with E-state index in [4.69, 9.17) is 11.6 Å². The van der Waals surface area contributed by atoms with Crippen molar-refractivity contribution in [2.45, 2.75) is 30.5 Å². The summed E-state index contributed by atoms with van der Waals surface area (Å²) in [5.41, 5.74) is -1.37. The molecule has 1 heterocycles. The zero-order valence-corrected chi connectivity index (χ0v) is 14.9. The van der Waals surface area contributed by atoms with Gasteiger partial charge in [-0.3, -0.25) is 0 Å². The molecule has 11 heteroatoms. The number of benzene rings is 1. The lowest BCUT2D eigenvalue weighted by Gasteiger charge is -2.27. The Kier molecular flexibility index (Phi) is 5.25. The maximum absolute atomic E-state index is 13.2. The van der Waals surface area contributed by atoms with Crippen LogP contribution in [0.3, 0.4) is 0 Å². The minimum absolute atomic E-state index is 0.0599. The molecule has 1 saturated heterocycles. The Morgan fingerprint density at radius 3 is 2.42 bits per heavy atom. The zero-order chi connectivity index (χ0) is 18.3. The molecule has 0 spiro atoms. The molecular weight excluding hydrogens is 391 g/mol. The largest absolute Gasteiger partial charge is 0.417 e. The van der Waals surface area contributed by atoms with Crippen LogP contribution in [0.1, 0.15) is 18.9 Å². The van der Waals surface area contributed by atoms with Crippen LogP contribution in [-0.2, 0) is 26.0 Å². The molecule has 5 nitrogen and oxygen atoms in total. The Hall–Kier alpha value is -0.840. The molecule has 136 valence electrons. The first kappa shape index (κ1) is 19.5. The number of alkyl halides is 3. The van der Waals surface area contributed by atoms with Crippen molar-refractivity contribution in [1.29, 1.82) is 0 Å². The summed E-state index contributed by atoms with van der Waals surface area (Å²) in [5, 5.41) is -0.243. The van der Waals surface area contributed by atoms with Crippen LogP contribution >= 0.6 is 11.6 Å². The van der Waals surface area contributed by atoms with Gasteiger partial charge in [0.05, 0.1) is 22.0 Å². The van der Waals surface area contributed by atoms with E-state index in [1.807, 2.05) is 0 Å². The molecule has 1 fully saturated rings. The summed E-state index contributed by atoms with van der Waals surface area (Å²) in [7, 11) is -7.91. The van der Waals surface area contributed by atoms with Crippen molar-refractivity contribution >= 4 is 31.5 Å². The predicted molar refractivity (Wildman–Crippen MR) is 83.1 cm³/mol. The Morgan fingerprint density at radius 2 is 1.96 bits per heavy atom. The van der Waals surface area contributed by atoms with Gasteiger partial charge in [-0.25, -0.2) is 16.8 Å². The first-order valence-corrected chi connectivity index (χ1v) is 10.6. The van der Waals surface area contributed by atoms with E-state index in [0.717, 1.165) is 16.4 Å². The summed E-state index contributed by atoms with van der Waals surface area (Å²) < 4.78 is 89.0. The lowest BCUT2D eigenvalue weighted by Crippen LogP contribution is -2.41. The van der Waals surface area contributed by atoms with Crippen molar-refractivity contribution < 1.29 is 30.0 Å². The fraction of sp³-hybridized carbons (Fsp3) is 0.538. The third-order valence-corrected chi connectivity index (χ3v) is 7.83. The standard InChI is InChI=1S/C13H15ClF3NO4S2/c1-2-18(10-5-6-23(19,20)8-10)24(21,22)12-4-3-9(14)7-11(12)13(15,16)17/h3-4,7,10H,2,5-6,8H2,1H3/t10-/m1/s1. The highest BCUT2D eigenvalue weighted by molar-refractivity contribution is 7.92. The van der Waals surface area contributed by atoms with Crippen molar-refractivity contribution in [2.24, 2.45) is 0 Å². The number of rotatable bonds is 4. The minimum Gasteiger partial charge on any atom is -0.229 e. The topological polar surface area (TPSA) is 71.5 Å². The van der Waals surface area contributed by atoms with Crippen LogP contribution in [0, 0.1) is 0 Å². The van der Waals surface area contributed by atoms with E-state index < -0.39 is 48.3 Å². The number of hydrogen-bond acceptors (Lipinski definition) is 4. The maximum atomic E-state index is 13.2. The lowest BCUT2D eigenvalue weighted by molar-refractivity contribution is -0.139. The zero-order valence-electron chi connectivity index (χ0n) is 12.5. The summed E-state index contributed by atoms with van der Waals surface area (Å²) in [6, 6.07) is 1.53. The summed E-state index contributed by atoms with van der Waals surface area (Å²) >= 11 is 5.56. The number of nitrogens with zero attached hydrogens (tertiary/aromatic N) is 1. The van der Waals surface area contributed by atoms with Crippen LogP contribution in [0.4, 0.5) is 13.2 Å². The van der Waals surface area contributed by atoms with Gasteiger partial charge in [-0.15, -0.1) is 0 Å². The molecule has 0 aromatic heterocycles. The molecule has 0 amide bonds. The molecule has 1 aliphatic rings. The van der Waals surface area contributed by atoms with Gasteiger partial charge in [0, 0.05) is 17.6 Å². The fourth-order valence-corrected chi connectivity index (χ4v) is 6.56. The summed E-state index contributed by atoms with van der Waals surface area (Å²) in [4.78, 5) is -0.925. The monoisotopic (exact) mass is 405 g/mol. The highest BCUT2D eigenvalue weighted by Crippen LogP contribution is 2.37. The Morgan fingerprint density at radius 1 is 1.33 bits per heavy atom. The quantitative estimate of drug-likeness (QED) is 0.771. The second-order valence-corrected chi connectivity index (χ2v) is 9.93. The van der Waals surface area contributed by atoms with Crippen LogP contribution in [0.25, 0.3) is 0 Å². The van der Waals surface area contributed by atoms with Crippen LogP contribution in [0.2, 0.25) is 5.02 Å². The van der Waals surface area contributed by atoms with Crippen molar-refractivity contribution in [1.82, 2.24) is 4.31 Å². The van der Waals surface area contributed by atoms with Crippen molar-refractivity contribution in [3.05, 3.63) is 28.8 Å². The summed E-state index contributed by atoms with van der Waals surface area (Å²) in [5.74, 6) is -0.578. The van der Waals surface area contributed by atoms with E-state index in [2.05, 4.69) is 0 Å². The molecular formula is C13H15ClF3NO4S2. The molecule has 1 aromatic carbocycles. The smallest absolute Gasteiger partial charge is 0.229 e. The van der Waals surface area contributed by atoms with Crippen molar-refractivity contribution in [2.75, 3.05) is 18.1 Å². The molecule has 0 unspecified atom stereocenters. The highest BCUT2D eigenvalue weighted by Gasteiger charge is 2.42. The van der Waals surface area contributed by atoms with Crippen molar-refractivity contribution in [3.63, 3.8) is 0 Å². The molecule has 1 atom stereocenters. The normalized spacial score (nSPS) is 21.3. The number of sulfonamides is 1. The minimum atomic E-state index is -4.91. The molecule has 0 aliphatic carbocycles.